The summed E-state index contributed by atoms with van der Waals surface area (Å²) < 4.78 is 12.8. The van der Waals surface area contributed by atoms with Crippen LogP contribution in [-0.4, -0.2) is 28.5 Å². The maximum absolute atomic E-state index is 11.1. The van der Waals surface area contributed by atoms with Gasteiger partial charge in [-0.2, -0.15) is 0 Å². The van der Waals surface area contributed by atoms with Crippen molar-refractivity contribution in [3.63, 3.8) is 0 Å². The van der Waals surface area contributed by atoms with Crippen LogP contribution in [-0.2, 0) is 0 Å². The summed E-state index contributed by atoms with van der Waals surface area (Å²) in [5.41, 5.74) is 1.07. The van der Waals surface area contributed by atoms with Crippen LogP contribution in [0.3, 0.4) is 0 Å². The Morgan fingerprint density at radius 1 is 1.27 bits per heavy atom. The first-order valence-electron chi connectivity index (χ1n) is 6.08. The molecule has 0 fully saturated rings. The van der Waals surface area contributed by atoms with E-state index in [0.717, 1.165) is 4.96 Å². The highest BCUT2D eigenvalue weighted by Gasteiger charge is 2.22. The van der Waals surface area contributed by atoms with E-state index in [2.05, 4.69) is 4.98 Å². The molecule has 1 aromatic carbocycles. The van der Waals surface area contributed by atoms with Gasteiger partial charge in [0, 0.05) is 24.0 Å². The number of aromatic nitrogens is 2. The van der Waals surface area contributed by atoms with E-state index in [9.17, 15) is 10.1 Å². The lowest BCUT2D eigenvalue weighted by molar-refractivity contribution is -0.385. The minimum Gasteiger partial charge on any atom is -0.496 e. The summed E-state index contributed by atoms with van der Waals surface area (Å²) in [7, 11) is 2.83. The fourth-order valence-electron chi connectivity index (χ4n) is 2.12. The lowest BCUT2D eigenvalue weighted by atomic mass is 10.1. The minimum atomic E-state index is -0.517. The highest BCUT2D eigenvalue weighted by atomic mass is 35.5. The van der Waals surface area contributed by atoms with Crippen molar-refractivity contribution in [1.82, 2.24) is 9.38 Å². The summed E-state index contributed by atoms with van der Waals surface area (Å²) in [6, 6.07) is 2.87. The first-order chi connectivity index (χ1) is 10.5. The van der Waals surface area contributed by atoms with E-state index in [1.807, 2.05) is 0 Å². The number of thiazole rings is 1. The topological polar surface area (TPSA) is 78.9 Å². The lowest BCUT2D eigenvalue weighted by Gasteiger charge is -2.09. The second-order valence-electron chi connectivity index (χ2n) is 4.33. The van der Waals surface area contributed by atoms with Crippen LogP contribution in [0.15, 0.2) is 24.5 Å². The Morgan fingerprint density at radius 2 is 2.00 bits per heavy atom. The predicted octanol–water partition coefficient (Wildman–Crippen LogP) is 3.64. The Morgan fingerprint density at radius 3 is 2.59 bits per heavy atom. The van der Waals surface area contributed by atoms with Gasteiger partial charge in [0.25, 0.3) is 0 Å². The molecule has 3 rings (SSSR count). The van der Waals surface area contributed by atoms with Crippen LogP contribution in [0, 0.1) is 10.1 Å². The summed E-state index contributed by atoms with van der Waals surface area (Å²) in [5, 5.41) is 11.1. The van der Waals surface area contributed by atoms with Gasteiger partial charge in [-0.05, 0) is 0 Å². The summed E-state index contributed by atoms with van der Waals surface area (Å²) in [6.07, 6.45) is 3.52. The lowest BCUT2D eigenvalue weighted by Crippen LogP contribution is -1.97. The van der Waals surface area contributed by atoms with Gasteiger partial charge in [-0.3, -0.25) is 14.5 Å². The summed E-state index contributed by atoms with van der Waals surface area (Å²) in [6.45, 7) is 0. The molecule has 0 aliphatic rings. The third-order valence-electron chi connectivity index (χ3n) is 3.10. The Balaban J connectivity index is 2.19. The average Bonchev–Trinajstić information content (AvgIpc) is 3.02. The van der Waals surface area contributed by atoms with Crippen LogP contribution in [0.2, 0.25) is 4.34 Å². The summed E-state index contributed by atoms with van der Waals surface area (Å²) >= 11 is 7.26. The third-order valence-corrected chi connectivity index (χ3v) is 4.22. The molecule has 0 amide bonds. The summed E-state index contributed by atoms with van der Waals surface area (Å²) in [4.78, 5) is 15.7. The molecule has 0 aliphatic carbocycles. The van der Waals surface area contributed by atoms with Gasteiger partial charge in [-0.25, -0.2) is 4.98 Å². The van der Waals surface area contributed by atoms with Crippen molar-refractivity contribution in [3.8, 4) is 22.8 Å². The minimum absolute atomic E-state index is 0.148. The highest BCUT2D eigenvalue weighted by Crippen LogP contribution is 2.40. The molecule has 22 heavy (non-hydrogen) atoms. The Labute approximate surface area is 133 Å². The van der Waals surface area contributed by atoms with Crippen LogP contribution in [0.5, 0.6) is 11.5 Å². The van der Waals surface area contributed by atoms with Crippen LogP contribution in [0.25, 0.3) is 16.2 Å². The molecule has 2 heterocycles. The molecule has 0 aliphatic heterocycles. The Bertz CT molecular complexity index is 842. The van der Waals surface area contributed by atoms with Crippen LogP contribution < -0.4 is 9.47 Å². The van der Waals surface area contributed by atoms with Gasteiger partial charge in [0.05, 0.1) is 30.9 Å². The smallest absolute Gasteiger partial charge is 0.314 e. The van der Waals surface area contributed by atoms with Gasteiger partial charge < -0.3 is 9.47 Å². The zero-order chi connectivity index (χ0) is 15.9. The zero-order valence-electron chi connectivity index (χ0n) is 11.6. The molecule has 2 aromatic heterocycles. The van der Waals surface area contributed by atoms with Gasteiger partial charge >= 0.3 is 5.69 Å². The van der Waals surface area contributed by atoms with Crippen LogP contribution in [0.4, 0.5) is 5.69 Å². The molecule has 3 aromatic rings. The first-order valence-corrected chi connectivity index (χ1v) is 7.27. The van der Waals surface area contributed by atoms with E-state index >= 15 is 0 Å². The molecule has 9 heteroatoms. The molecule has 0 radical (unpaired) electrons. The SMILES string of the molecule is COc1cc([N+](=O)[O-])c(OC)cc1-c1cn2cc(Cl)sc2n1. The predicted molar refractivity (Wildman–Crippen MR) is 83.3 cm³/mol. The molecule has 0 unspecified atom stereocenters. The van der Waals surface area contributed by atoms with Gasteiger partial charge in [0.2, 0.25) is 0 Å². The first kappa shape index (κ1) is 14.6. The van der Waals surface area contributed by atoms with Crippen molar-refractivity contribution in [2.24, 2.45) is 0 Å². The number of fused-ring (bicyclic) bond motifs is 1. The number of halogens is 1. The van der Waals surface area contributed by atoms with E-state index in [1.54, 1.807) is 22.9 Å². The zero-order valence-corrected chi connectivity index (χ0v) is 13.1. The number of benzene rings is 1. The standard InChI is InChI=1S/C13H10ClN3O4S/c1-20-10-4-9(17(18)19)11(21-2)3-7(10)8-5-16-6-12(14)22-13(16)15-8/h3-6H,1-2H3. The van der Waals surface area contributed by atoms with E-state index in [-0.39, 0.29) is 11.4 Å². The maximum Gasteiger partial charge on any atom is 0.314 e. The summed E-state index contributed by atoms with van der Waals surface area (Å²) in [5.74, 6) is 0.500. The van der Waals surface area contributed by atoms with Gasteiger partial charge in [0.15, 0.2) is 10.7 Å². The number of nitro benzene ring substituents is 1. The molecular formula is C13H10ClN3O4S. The number of ether oxygens (including phenoxy) is 2. The normalized spacial score (nSPS) is 10.9. The van der Waals surface area contributed by atoms with Gasteiger partial charge in [-0.15, -0.1) is 0 Å². The van der Waals surface area contributed by atoms with E-state index < -0.39 is 4.92 Å². The van der Waals surface area contributed by atoms with Crippen molar-refractivity contribution >= 4 is 33.6 Å². The van der Waals surface area contributed by atoms with Crippen LogP contribution >= 0.6 is 22.9 Å². The maximum atomic E-state index is 11.1. The number of rotatable bonds is 4. The molecular weight excluding hydrogens is 330 g/mol. The van der Waals surface area contributed by atoms with Crippen LogP contribution in [0.1, 0.15) is 0 Å². The molecule has 0 bridgehead atoms. The van der Waals surface area contributed by atoms with Crippen molar-refractivity contribution < 1.29 is 14.4 Å². The van der Waals surface area contributed by atoms with Crippen molar-refractivity contribution in [2.45, 2.75) is 0 Å². The molecule has 0 atom stereocenters. The van der Waals surface area contributed by atoms with Gasteiger partial charge in [0.1, 0.15) is 10.1 Å². The van der Waals surface area contributed by atoms with Crippen molar-refractivity contribution in [1.29, 1.82) is 0 Å². The number of methoxy groups -OCH3 is 2. The molecule has 0 saturated carbocycles. The second kappa shape index (κ2) is 5.47. The number of imidazole rings is 1. The third kappa shape index (κ3) is 2.36. The largest absolute Gasteiger partial charge is 0.496 e. The monoisotopic (exact) mass is 339 g/mol. The fourth-order valence-corrected chi connectivity index (χ4v) is 3.13. The highest BCUT2D eigenvalue weighted by molar-refractivity contribution is 7.20. The molecule has 0 N–H and O–H groups in total. The van der Waals surface area contributed by atoms with Crippen molar-refractivity contribution in [2.75, 3.05) is 14.2 Å². The number of hydrogen-bond acceptors (Lipinski definition) is 6. The number of hydrogen-bond donors (Lipinski definition) is 0. The molecule has 0 saturated heterocycles. The van der Waals surface area contributed by atoms with E-state index in [0.29, 0.717) is 21.3 Å². The fraction of sp³-hybridized carbons (Fsp3) is 0.154. The Hall–Kier alpha value is -2.32. The molecule has 7 nitrogen and oxygen atoms in total. The second-order valence-corrected chi connectivity index (χ2v) is 5.97. The number of nitrogens with zero attached hydrogens (tertiary/aromatic N) is 3. The quantitative estimate of drug-likeness (QED) is 0.535. The number of nitro groups is 1. The van der Waals surface area contributed by atoms with E-state index in [4.69, 9.17) is 21.1 Å². The van der Waals surface area contributed by atoms with Gasteiger partial charge in [-0.1, -0.05) is 22.9 Å². The van der Waals surface area contributed by atoms with E-state index in [1.165, 1.54) is 31.6 Å². The molecule has 114 valence electrons. The average molecular weight is 340 g/mol. The van der Waals surface area contributed by atoms with Crippen molar-refractivity contribution in [3.05, 3.63) is 39.0 Å². The molecule has 0 spiro atoms. The Kier molecular flexibility index (Phi) is 3.63.